The van der Waals surface area contributed by atoms with Gasteiger partial charge in [0.25, 0.3) is 5.91 Å². The molecule has 2 aromatic heterocycles. The molecule has 1 aromatic carbocycles. The van der Waals surface area contributed by atoms with Gasteiger partial charge in [-0.1, -0.05) is 18.2 Å². The number of amides is 1. The van der Waals surface area contributed by atoms with Crippen LogP contribution in [-0.4, -0.2) is 34.2 Å². The summed E-state index contributed by atoms with van der Waals surface area (Å²) in [4.78, 5) is 28.0. The smallest absolute Gasteiger partial charge is 0.308 e. The highest BCUT2D eigenvalue weighted by Crippen LogP contribution is 2.30. The zero-order valence-electron chi connectivity index (χ0n) is 15.5. The predicted octanol–water partition coefficient (Wildman–Crippen LogP) is 2.56. The molecule has 1 amide bonds. The molecule has 1 atom stereocenters. The first-order chi connectivity index (χ1) is 13.5. The van der Waals surface area contributed by atoms with Crippen molar-refractivity contribution in [2.24, 2.45) is 0 Å². The Hall–Kier alpha value is -3.75. The number of carbonyl (C=O) groups excluding carboxylic acids is 2. The number of carbonyl (C=O) groups is 2. The van der Waals surface area contributed by atoms with E-state index in [1.54, 1.807) is 6.92 Å². The van der Waals surface area contributed by atoms with Crippen LogP contribution in [0.1, 0.15) is 36.3 Å². The second kappa shape index (κ2) is 8.30. The van der Waals surface area contributed by atoms with E-state index in [0.717, 1.165) is 5.56 Å². The number of nitrogens with zero attached hydrogens (tertiary/aromatic N) is 3. The van der Waals surface area contributed by atoms with Crippen LogP contribution in [0.4, 0.5) is 0 Å². The minimum absolute atomic E-state index is 0.0577. The van der Waals surface area contributed by atoms with Crippen molar-refractivity contribution in [2.45, 2.75) is 19.9 Å². The van der Waals surface area contributed by atoms with E-state index in [1.165, 1.54) is 26.3 Å². The maximum atomic E-state index is 12.7. The molecule has 0 bridgehead atoms. The van der Waals surface area contributed by atoms with Crippen LogP contribution in [0.5, 0.6) is 11.5 Å². The summed E-state index contributed by atoms with van der Waals surface area (Å²) in [5.74, 6) is -0.453. The number of hydrogen-bond acceptors (Lipinski definition) is 8. The van der Waals surface area contributed by atoms with Crippen LogP contribution >= 0.6 is 0 Å². The molecular weight excluding hydrogens is 364 g/mol. The average Bonchev–Trinajstić information content (AvgIpc) is 3.18. The van der Waals surface area contributed by atoms with Gasteiger partial charge < -0.3 is 19.2 Å². The molecule has 0 fully saturated rings. The number of ether oxygens (including phenoxy) is 2. The first-order valence-corrected chi connectivity index (χ1v) is 8.40. The Morgan fingerprint density at radius 2 is 1.89 bits per heavy atom. The molecule has 1 N–H and O–H groups in total. The Bertz CT molecular complexity index is 987. The van der Waals surface area contributed by atoms with E-state index in [-0.39, 0.29) is 23.1 Å². The van der Waals surface area contributed by atoms with Crippen LogP contribution in [0.3, 0.4) is 0 Å². The number of methoxy groups -OCH3 is 1. The van der Waals surface area contributed by atoms with Crippen molar-refractivity contribution in [1.82, 2.24) is 20.5 Å². The fourth-order valence-electron chi connectivity index (χ4n) is 2.43. The van der Waals surface area contributed by atoms with Gasteiger partial charge in [-0.05, 0) is 19.1 Å². The van der Waals surface area contributed by atoms with Gasteiger partial charge >= 0.3 is 5.97 Å². The Morgan fingerprint density at radius 1 is 1.14 bits per heavy atom. The zero-order chi connectivity index (χ0) is 20.1. The van der Waals surface area contributed by atoms with Gasteiger partial charge in [0.05, 0.1) is 7.11 Å². The molecule has 3 rings (SSSR count). The summed E-state index contributed by atoms with van der Waals surface area (Å²) in [5.41, 5.74) is 0.676. The Balaban J connectivity index is 1.80. The Kier molecular flexibility index (Phi) is 5.64. The molecule has 9 nitrogen and oxygen atoms in total. The van der Waals surface area contributed by atoms with Crippen LogP contribution in [0.15, 0.2) is 47.0 Å². The van der Waals surface area contributed by atoms with Gasteiger partial charge in [-0.15, -0.1) is 10.2 Å². The van der Waals surface area contributed by atoms with Crippen molar-refractivity contribution in [2.75, 3.05) is 7.11 Å². The zero-order valence-corrected chi connectivity index (χ0v) is 15.5. The van der Waals surface area contributed by atoms with Crippen molar-refractivity contribution >= 4 is 11.9 Å². The third-order valence-corrected chi connectivity index (χ3v) is 3.73. The molecule has 2 heterocycles. The largest absolute Gasteiger partial charge is 0.493 e. The molecule has 0 aliphatic rings. The summed E-state index contributed by atoms with van der Waals surface area (Å²) in [7, 11) is 1.40. The average molecular weight is 382 g/mol. The lowest BCUT2D eigenvalue weighted by Gasteiger charge is -2.14. The van der Waals surface area contributed by atoms with Gasteiger partial charge in [0, 0.05) is 24.8 Å². The van der Waals surface area contributed by atoms with Crippen molar-refractivity contribution in [3.8, 4) is 23.0 Å². The minimum atomic E-state index is -0.601. The third kappa shape index (κ3) is 4.14. The van der Waals surface area contributed by atoms with E-state index in [4.69, 9.17) is 13.9 Å². The predicted molar refractivity (Wildman–Crippen MR) is 97.7 cm³/mol. The van der Waals surface area contributed by atoms with E-state index in [1.807, 2.05) is 30.3 Å². The maximum absolute atomic E-state index is 12.7. The number of rotatable bonds is 6. The van der Waals surface area contributed by atoms with E-state index < -0.39 is 17.9 Å². The molecule has 0 saturated heterocycles. The van der Waals surface area contributed by atoms with Gasteiger partial charge in [0.1, 0.15) is 6.04 Å². The molecule has 0 saturated carbocycles. The third-order valence-electron chi connectivity index (χ3n) is 3.73. The number of aromatic nitrogens is 3. The van der Waals surface area contributed by atoms with Crippen molar-refractivity contribution in [3.63, 3.8) is 0 Å². The molecule has 28 heavy (non-hydrogen) atoms. The van der Waals surface area contributed by atoms with Gasteiger partial charge in [0.2, 0.25) is 17.5 Å². The highest BCUT2D eigenvalue weighted by atomic mass is 16.6. The van der Waals surface area contributed by atoms with Crippen LogP contribution in [0, 0.1) is 0 Å². The highest BCUT2D eigenvalue weighted by Gasteiger charge is 2.24. The first kappa shape index (κ1) is 19.0. The molecule has 144 valence electrons. The van der Waals surface area contributed by atoms with E-state index in [2.05, 4.69) is 20.5 Å². The molecule has 0 unspecified atom stereocenters. The number of benzene rings is 1. The number of pyridine rings is 1. The SMILES string of the molecule is COc1ccnc(C(=O)N[C@@H](C)c2nnc(-c3ccccc3)o2)c1OC(C)=O. The molecule has 0 aliphatic heterocycles. The summed E-state index contributed by atoms with van der Waals surface area (Å²) in [6, 6.07) is 10.2. The lowest BCUT2D eigenvalue weighted by atomic mass is 10.2. The maximum Gasteiger partial charge on any atom is 0.308 e. The quantitative estimate of drug-likeness (QED) is 0.647. The van der Waals surface area contributed by atoms with E-state index >= 15 is 0 Å². The fraction of sp³-hybridized carbons (Fsp3) is 0.211. The summed E-state index contributed by atoms with van der Waals surface area (Å²) in [6.07, 6.45) is 1.38. The second-order valence-electron chi connectivity index (χ2n) is 5.79. The van der Waals surface area contributed by atoms with Crippen LogP contribution in [0.2, 0.25) is 0 Å². The molecule has 0 aliphatic carbocycles. The summed E-state index contributed by atoms with van der Waals surface area (Å²) in [5, 5.41) is 10.7. The summed E-state index contributed by atoms with van der Waals surface area (Å²) >= 11 is 0. The standard InChI is InChI=1S/C19H18N4O5/c1-11(18-22-23-19(28-18)13-7-5-4-6-8-13)21-17(25)15-16(27-12(2)24)14(26-3)9-10-20-15/h4-11H,1-3H3,(H,21,25)/t11-/m0/s1. The van der Waals surface area contributed by atoms with Crippen molar-refractivity contribution in [3.05, 3.63) is 54.2 Å². The lowest BCUT2D eigenvalue weighted by molar-refractivity contribution is -0.132. The van der Waals surface area contributed by atoms with Gasteiger partial charge in [-0.2, -0.15) is 0 Å². The minimum Gasteiger partial charge on any atom is -0.493 e. The van der Waals surface area contributed by atoms with Crippen LogP contribution in [0.25, 0.3) is 11.5 Å². The molecule has 0 radical (unpaired) electrons. The molecule has 3 aromatic rings. The molecule has 0 spiro atoms. The number of esters is 1. The van der Waals surface area contributed by atoms with Gasteiger partial charge in [0.15, 0.2) is 11.4 Å². The normalized spacial score (nSPS) is 11.5. The fourth-order valence-corrected chi connectivity index (χ4v) is 2.43. The molecular formula is C19H18N4O5. The first-order valence-electron chi connectivity index (χ1n) is 8.40. The van der Waals surface area contributed by atoms with Gasteiger partial charge in [-0.25, -0.2) is 4.98 Å². The summed E-state index contributed by atoms with van der Waals surface area (Å²) in [6.45, 7) is 2.91. The van der Waals surface area contributed by atoms with E-state index in [9.17, 15) is 9.59 Å². The second-order valence-corrected chi connectivity index (χ2v) is 5.79. The number of hydrogen-bond donors (Lipinski definition) is 1. The van der Waals surface area contributed by atoms with Crippen LogP contribution < -0.4 is 14.8 Å². The topological polar surface area (TPSA) is 116 Å². The van der Waals surface area contributed by atoms with Crippen molar-refractivity contribution < 1.29 is 23.5 Å². The molecule has 9 heteroatoms. The Morgan fingerprint density at radius 3 is 2.57 bits per heavy atom. The van der Waals surface area contributed by atoms with E-state index in [0.29, 0.717) is 5.89 Å². The van der Waals surface area contributed by atoms with Gasteiger partial charge in [-0.3, -0.25) is 9.59 Å². The summed E-state index contributed by atoms with van der Waals surface area (Å²) < 4.78 is 15.9. The van der Waals surface area contributed by atoms with Crippen molar-refractivity contribution in [1.29, 1.82) is 0 Å². The van der Waals surface area contributed by atoms with Crippen LogP contribution in [-0.2, 0) is 4.79 Å². The monoisotopic (exact) mass is 382 g/mol. The lowest BCUT2D eigenvalue weighted by Crippen LogP contribution is -2.28. The highest BCUT2D eigenvalue weighted by molar-refractivity contribution is 5.96. The Labute approximate surface area is 160 Å². The number of nitrogens with one attached hydrogen (secondary N) is 1.